The first kappa shape index (κ1) is 30.4. The Bertz CT molecular complexity index is 1090. The zero-order valence-corrected chi connectivity index (χ0v) is 22.3. The van der Waals surface area contributed by atoms with Crippen molar-refractivity contribution >= 4 is 39.4 Å². The van der Waals surface area contributed by atoms with Crippen LogP contribution in [0.15, 0.2) is 42.5 Å². The highest BCUT2D eigenvalue weighted by Gasteiger charge is 2.22. The first-order valence-corrected chi connectivity index (χ1v) is 14.7. The van der Waals surface area contributed by atoms with Crippen LogP contribution < -0.4 is 10.8 Å². The van der Waals surface area contributed by atoms with Crippen molar-refractivity contribution in [3.63, 3.8) is 0 Å². The number of benzene rings is 2. The van der Waals surface area contributed by atoms with Crippen molar-refractivity contribution in [2.24, 2.45) is 0 Å². The third-order valence-corrected chi connectivity index (χ3v) is 8.06. The molecule has 0 radical (unpaired) electrons. The van der Waals surface area contributed by atoms with Gasteiger partial charge in [-0.1, -0.05) is 30.3 Å². The van der Waals surface area contributed by atoms with Crippen LogP contribution in [-0.4, -0.2) is 65.6 Å². The molecule has 0 fully saturated rings. The average Bonchev–Trinajstić information content (AvgIpc) is 2.78. The van der Waals surface area contributed by atoms with E-state index < -0.39 is 22.3 Å². The van der Waals surface area contributed by atoms with E-state index in [1.807, 2.05) is 24.1 Å². The lowest BCUT2D eigenvalue weighted by Gasteiger charge is -2.19. The minimum absolute atomic E-state index is 0.182. The van der Waals surface area contributed by atoms with Gasteiger partial charge in [0.2, 0.25) is 5.91 Å². The van der Waals surface area contributed by atoms with Gasteiger partial charge in [-0.2, -0.15) is 0 Å². The lowest BCUT2D eigenvalue weighted by atomic mass is 9.77. The Morgan fingerprint density at radius 3 is 2.08 bits per heavy atom. The molecule has 2 atom stereocenters. The van der Waals surface area contributed by atoms with Crippen molar-refractivity contribution in [1.29, 1.82) is 0 Å². The molecule has 0 aliphatic carbocycles. The Kier molecular flexibility index (Phi) is 11.5. The van der Waals surface area contributed by atoms with Crippen molar-refractivity contribution in [1.82, 2.24) is 4.90 Å². The number of nitrogens with zero attached hydrogens (tertiary/aromatic N) is 1. The molecule has 11 nitrogen and oxygen atoms in total. The summed E-state index contributed by atoms with van der Waals surface area (Å²) in [6, 6.07) is 11.5. The Labute approximate surface area is 211 Å². The number of nitrogens with one attached hydrogen (secondary N) is 1. The van der Waals surface area contributed by atoms with Crippen LogP contribution in [0.1, 0.15) is 29.5 Å². The summed E-state index contributed by atoms with van der Waals surface area (Å²) < 4.78 is 33.3. The molecule has 198 valence electrons. The van der Waals surface area contributed by atoms with Crippen LogP contribution in [-0.2, 0) is 41.8 Å². The molecule has 0 saturated carbocycles. The summed E-state index contributed by atoms with van der Waals surface area (Å²) in [7, 11) is -5.29. The van der Waals surface area contributed by atoms with Gasteiger partial charge in [-0.05, 0) is 54.3 Å². The van der Waals surface area contributed by atoms with E-state index in [1.165, 1.54) is 18.2 Å². The van der Waals surface area contributed by atoms with E-state index in [4.69, 9.17) is 0 Å². The average molecular weight is 542 g/mol. The lowest BCUT2D eigenvalue weighted by Crippen LogP contribution is -2.35. The number of rotatable bonds is 14. The minimum Gasteiger partial charge on any atom is -0.423 e. The Balaban J connectivity index is 2.01. The maximum absolute atomic E-state index is 12.5. The summed E-state index contributed by atoms with van der Waals surface area (Å²) in [5, 5.41) is 21.7. The van der Waals surface area contributed by atoms with Crippen LogP contribution in [0.3, 0.4) is 0 Å². The minimum atomic E-state index is -3.91. The second-order valence-electron chi connectivity index (χ2n) is 8.46. The van der Waals surface area contributed by atoms with Crippen LogP contribution >= 0.6 is 15.2 Å². The fourth-order valence-electron chi connectivity index (χ4n) is 3.64. The van der Waals surface area contributed by atoms with Gasteiger partial charge in [0.25, 0.3) is 0 Å². The Morgan fingerprint density at radius 1 is 1.00 bits per heavy atom. The predicted molar refractivity (Wildman–Crippen MR) is 138 cm³/mol. The van der Waals surface area contributed by atoms with Crippen molar-refractivity contribution in [3.8, 4) is 0 Å². The van der Waals surface area contributed by atoms with Crippen molar-refractivity contribution in [2.45, 2.75) is 31.7 Å². The number of amides is 1. The maximum atomic E-state index is 12.5. The second kappa shape index (κ2) is 13.6. The molecule has 2 aromatic carbocycles. The number of hydrogen-bond donors (Lipinski definition) is 5. The summed E-state index contributed by atoms with van der Waals surface area (Å²) in [5.74, 6) is -0.296. The second-order valence-corrected chi connectivity index (χ2v) is 12.4. The normalized spacial score (nSPS) is 14.8. The predicted octanol–water partition coefficient (Wildman–Crippen LogP) is 1.88. The Hall–Kier alpha value is -1.85. The third kappa shape index (κ3) is 10.3. The number of hydrogen-bond acceptors (Lipinski definition) is 8. The zero-order chi connectivity index (χ0) is 26.9. The summed E-state index contributed by atoms with van der Waals surface area (Å²) in [6.45, 7) is 1.04. The quantitative estimate of drug-likeness (QED) is 0.176. The van der Waals surface area contributed by atoms with E-state index in [1.54, 1.807) is 12.1 Å². The molecule has 0 heterocycles. The summed E-state index contributed by atoms with van der Waals surface area (Å²) >= 11 is 0. The number of carbonyl (C=O) groups is 1. The topological polar surface area (TPSA) is 166 Å². The van der Waals surface area contributed by atoms with Crippen LogP contribution in [0, 0.1) is 0 Å². The third-order valence-electron chi connectivity index (χ3n) is 5.39. The van der Waals surface area contributed by atoms with E-state index in [-0.39, 0.29) is 24.7 Å². The summed E-state index contributed by atoms with van der Waals surface area (Å²) in [5.41, 5.74) is 2.24. The molecular weight excluding hydrogens is 509 g/mol. The van der Waals surface area contributed by atoms with Gasteiger partial charge >= 0.3 is 22.3 Å². The van der Waals surface area contributed by atoms with Crippen LogP contribution in [0.4, 0.5) is 5.69 Å². The Morgan fingerprint density at radius 2 is 1.56 bits per heavy atom. The maximum Gasteiger partial charge on any atom is 0.488 e. The molecule has 2 rings (SSSR count). The standard InChI is InChI=1S/C22H33BN2O9P2/c1-25(14-19-7-4-5-8-21(19)23(27)28)10-6-9-22(26)24-20-12-17(15-35(29,30)33-2)11-18(13-20)16-36(31,32)34-3/h4-5,7-8,11-13,27-28H,6,9-10,14-16H2,1-3H3,(H,24,26)(H,29,30)(H,31,32). The van der Waals surface area contributed by atoms with E-state index in [0.29, 0.717) is 41.8 Å². The fourth-order valence-corrected chi connectivity index (χ4v) is 5.19. The van der Waals surface area contributed by atoms with Crippen molar-refractivity contribution in [2.75, 3.05) is 33.1 Å². The summed E-state index contributed by atoms with van der Waals surface area (Å²) in [4.78, 5) is 34.2. The molecule has 0 aliphatic rings. The molecule has 0 bridgehead atoms. The highest BCUT2D eigenvalue weighted by Crippen LogP contribution is 2.47. The van der Waals surface area contributed by atoms with Gasteiger partial charge in [-0.25, -0.2) is 0 Å². The van der Waals surface area contributed by atoms with Gasteiger partial charge in [-0.15, -0.1) is 0 Å². The van der Waals surface area contributed by atoms with Crippen molar-refractivity contribution in [3.05, 3.63) is 59.2 Å². The zero-order valence-electron chi connectivity index (χ0n) is 20.5. The molecule has 2 aromatic rings. The van der Waals surface area contributed by atoms with Gasteiger partial charge in [0, 0.05) is 32.9 Å². The smallest absolute Gasteiger partial charge is 0.423 e. The lowest BCUT2D eigenvalue weighted by molar-refractivity contribution is -0.116. The molecule has 1 amide bonds. The van der Waals surface area contributed by atoms with Crippen LogP contribution in [0.25, 0.3) is 0 Å². The van der Waals surface area contributed by atoms with Gasteiger partial charge in [0.15, 0.2) is 0 Å². The van der Waals surface area contributed by atoms with Gasteiger partial charge in [-0.3, -0.25) is 13.9 Å². The highest BCUT2D eigenvalue weighted by molar-refractivity contribution is 7.52. The first-order valence-electron chi connectivity index (χ1n) is 11.1. The molecule has 5 N–H and O–H groups in total. The summed E-state index contributed by atoms with van der Waals surface area (Å²) in [6.07, 6.45) is 0.0283. The highest BCUT2D eigenvalue weighted by atomic mass is 31.2. The molecule has 0 aliphatic heterocycles. The molecule has 36 heavy (non-hydrogen) atoms. The van der Waals surface area contributed by atoms with E-state index in [2.05, 4.69) is 14.4 Å². The monoisotopic (exact) mass is 542 g/mol. The van der Waals surface area contributed by atoms with Gasteiger partial charge in [0.1, 0.15) is 0 Å². The molecule has 0 saturated heterocycles. The van der Waals surface area contributed by atoms with Crippen LogP contribution in [0.5, 0.6) is 0 Å². The first-order chi connectivity index (χ1) is 16.8. The van der Waals surface area contributed by atoms with Crippen molar-refractivity contribution < 1.29 is 42.8 Å². The van der Waals surface area contributed by atoms with E-state index in [9.17, 15) is 33.8 Å². The van der Waals surface area contributed by atoms with Gasteiger partial charge < -0.3 is 39.1 Å². The van der Waals surface area contributed by atoms with E-state index in [0.717, 1.165) is 19.8 Å². The van der Waals surface area contributed by atoms with Gasteiger partial charge in [0.05, 0.1) is 12.3 Å². The molecule has 0 spiro atoms. The molecule has 14 heteroatoms. The molecule has 2 unspecified atom stereocenters. The molecule has 0 aromatic heterocycles. The molecular formula is C22H33BN2O9P2. The fraction of sp³-hybridized carbons (Fsp3) is 0.409. The number of carbonyl (C=O) groups excluding carboxylic acids is 1. The largest absolute Gasteiger partial charge is 0.488 e. The SMILES string of the molecule is COP(=O)(O)Cc1cc(CP(=O)(O)OC)cc(NC(=O)CCCN(C)Cc2ccccc2B(O)O)c1. The van der Waals surface area contributed by atoms with Crippen LogP contribution in [0.2, 0.25) is 0 Å². The number of anilines is 1. The van der Waals surface area contributed by atoms with E-state index >= 15 is 0 Å².